The predicted octanol–water partition coefficient (Wildman–Crippen LogP) is -0.238. The Morgan fingerprint density at radius 2 is 2.08 bits per heavy atom. The van der Waals surface area contributed by atoms with E-state index < -0.39 is 23.3 Å². The van der Waals surface area contributed by atoms with E-state index in [-0.39, 0.29) is 58.7 Å². The molecule has 0 bridgehead atoms. The topological polar surface area (TPSA) is 170 Å². The van der Waals surface area contributed by atoms with Crippen molar-refractivity contribution in [3.63, 3.8) is 0 Å². The first-order valence-electron chi connectivity index (χ1n) is 11.4. The molecule has 4 N–H and O–H groups in total. The number of hydrogen-bond acceptors (Lipinski definition) is 9. The molecule has 0 spiro atoms. The SMILES string of the molecule is O=C(CSc1ncnc2[nH]ncc12)N[C@@H]1C(=O)N2C(C(=O)O)=C(C(=C3CCNC3=O)C3CC3)CS[C@H]12.[NaH]. The second kappa shape index (κ2) is 10.4. The number of aromatic nitrogens is 4. The van der Waals surface area contributed by atoms with Crippen LogP contribution in [0.5, 0.6) is 0 Å². The molecule has 0 aromatic carbocycles. The molecule has 2 saturated heterocycles. The van der Waals surface area contributed by atoms with E-state index >= 15 is 0 Å². The van der Waals surface area contributed by atoms with Crippen LogP contribution < -0.4 is 10.6 Å². The van der Waals surface area contributed by atoms with Crippen LogP contribution in [-0.2, 0) is 19.2 Å². The Balaban J connectivity index is 0.00000280. The number of carboxylic acids is 1. The van der Waals surface area contributed by atoms with Gasteiger partial charge in [0.25, 0.3) is 5.91 Å². The fourth-order valence-corrected chi connectivity index (χ4v) is 7.00. The van der Waals surface area contributed by atoms with Gasteiger partial charge in [-0.3, -0.25) is 24.4 Å². The third-order valence-electron chi connectivity index (χ3n) is 6.61. The molecule has 12 nitrogen and oxygen atoms in total. The minimum absolute atomic E-state index is 0. The van der Waals surface area contributed by atoms with E-state index in [1.807, 2.05) is 0 Å². The molecule has 1 aliphatic carbocycles. The molecule has 3 amide bonds. The Labute approximate surface area is 241 Å². The van der Waals surface area contributed by atoms with Crippen molar-refractivity contribution in [3.05, 3.63) is 34.9 Å². The van der Waals surface area contributed by atoms with Crippen LogP contribution in [0.2, 0.25) is 0 Å². The van der Waals surface area contributed by atoms with E-state index in [0.29, 0.717) is 45.9 Å². The summed E-state index contributed by atoms with van der Waals surface area (Å²) in [5, 5.41) is 23.1. The van der Waals surface area contributed by atoms with E-state index in [2.05, 4.69) is 30.8 Å². The number of carbonyl (C=O) groups excluding carboxylic acids is 3. The number of aliphatic carboxylic acids is 1. The standard InChI is InChI=1S/C22H21N7O5S2.Na.H/c30-13(7-35-19-11-5-26-28-17(11)24-8-25-19)27-15-20(32)29-16(22(33)34)12(6-36-21(15)29)14(9-1-2-9)10-3-4-23-18(10)31;;/h5,8-9,15,21H,1-4,6-7H2,(H,23,31)(H,27,30)(H,33,34)(H,24,25,26,28);;/t15-,21-;;/m1../s1. The summed E-state index contributed by atoms with van der Waals surface area (Å²) in [6.07, 6.45) is 5.32. The number of fused-ring (bicyclic) bond motifs is 2. The van der Waals surface area contributed by atoms with E-state index in [0.717, 1.165) is 18.4 Å². The van der Waals surface area contributed by atoms with Gasteiger partial charge in [-0.2, -0.15) is 5.10 Å². The average Bonchev–Trinajstić information content (AvgIpc) is 3.42. The normalized spacial score (nSPS) is 24.3. The molecule has 0 unspecified atom stereocenters. The van der Waals surface area contributed by atoms with Crippen molar-refractivity contribution in [2.24, 2.45) is 5.92 Å². The summed E-state index contributed by atoms with van der Waals surface area (Å²) < 4.78 is 0. The van der Waals surface area contributed by atoms with Gasteiger partial charge in [0.1, 0.15) is 28.5 Å². The summed E-state index contributed by atoms with van der Waals surface area (Å²) in [6.45, 7) is 0.533. The third-order valence-corrected chi connectivity index (χ3v) is 8.89. The van der Waals surface area contributed by atoms with E-state index in [1.165, 1.54) is 34.8 Å². The number of thioether (sulfide) groups is 2. The van der Waals surface area contributed by atoms with Crippen molar-refractivity contribution in [1.29, 1.82) is 0 Å². The number of β-lactam (4-membered cyclic amide) rings is 1. The Hall–Kier alpha value is -2.39. The summed E-state index contributed by atoms with van der Waals surface area (Å²) >= 11 is 2.61. The number of H-pyrrole nitrogens is 1. The van der Waals surface area contributed by atoms with Crippen molar-refractivity contribution < 1.29 is 24.3 Å². The Kier molecular flexibility index (Phi) is 7.38. The van der Waals surface area contributed by atoms with Crippen LogP contribution in [0.15, 0.2) is 40.0 Å². The van der Waals surface area contributed by atoms with Gasteiger partial charge in [0.2, 0.25) is 11.8 Å². The van der Waals surface area contributed by atoms with Gasteiger partial charge in [-0.05, 0) is 36.3 Å². The first-order chi connectivity index (χ1) is 17.4. The number of rotatable bonds is 7. The van der Waals surface area contributed by atoms with Crippen LogP contribution in [0, 0.1) is 5.92 Å². The molecule has 2 atom stereocenters. The summed E-state index contributed by atoms with van der Waals surface area (Å²) in [4.78, 5) is 59.9. The number of carbonyl (C=O) groups is 4. The molecule has 5 heterocycles. The number of amides is 3. The molecule has 2 aromatic rings. The van der Waals surface area contributed by atoms with Crippen molar-refractivity contribution >= 4 is 87.8 Å². The van der Waals surface area contributed by atoms with Crippen molar-refractivity contribution in [2.45, 2.75) is 35.7 Å². The van der Waals surface area contributed by atoms with Crippen LogP contribution in [-0.4, -0.2) is 113 Å². The van der Waals surface area contributed by atoms with Crippen LogP contribution in [0.1, 0.15) is 19.3 Å². The van der Waals surface area contributed by atoms with Gasteiger partial charge in [-0.15, -0.1) is 11.8 Å². The van der Waals surface area contributed by atoms with Crippen LogP contribution in [0.4, 0.5) is 0 Å². The van der Waals surface area contributed by atoms with Crippen LogP contribution in [0.25, 0.3) is 11.0 Å². The Morgan fingerprint density at radius 1 is 1.27 bits per heavy atom. The van der Waals surface area contributed by atoms with E-state index in [9.17, 15) is 24.3 Å². The summed E-state index contributed by atoms with van der Waals surface area (Å²) in [7, 11) is 0. The molecule has 4 aliphatic rings. The minimum atomic E-state index is -1.20. The van der Waals surface area contributed by atoms with Gasteiger partial charge < -0.3 is 15.7 Å². The molecule has 6 rings (SSSR count). The second-order valence-electron chi connectivity index (χ2n) is 8.86. The molecule has 15 heteroatoms. The molecule has 3 fully saturated rings. The zero-order valence-electron chi connectivity index (χ0n) is 18.8. The fraction of sp³-hybridized carbons (Fsp3) is 0.409. The molecule has 2 aromatic heterocycles. The van der Waals surface area contributed by atoms with Crippen molar-refractivity contribution in [2.75, 3.05) is 18.1 Å². The van der Waals surface area contributed by atoms with Gasteiger partial charge in [0.05, 0.1) is 17.3 Å². The number of hydrogen-bond donors (Lipinski definition) is 4. The predicted molar refractivity (Wildman–Crippen MR) is 137 cm³/mol. The zero-order valence-corrected chi connectivity index (χ0v) is 20.4. The Morgan fingerprint density at radius 3 is 2.78 bits per heavy atom. The average molecular weight is 552 g/mol. The van der Waals surface area contributed by atoms with Gasteiger partial charge >= 0.3 is 35.5 Å². The molecular weight excluding hydrogens is 529 g/mol. The van der Waals surface area contributed by atoms with Gasteiger partial charge in [-0.1, -0.05) is 11.8 Å². The molecule has 188 valence electrons. The van der Waals surface area contributed by atoms with Crippen molar-refractivity contribution in [1.82, 2.24) is 35.7 Å². The maximum absolute atomic E-state index is 13.1. The molecule has 3 aliphatic heterocycles. The number of nitrogens with one attached hydrogen (secondary N) is 3. The van der Waals surface area contributed by atoms with Crippen LogP contribution in [0.3, 0.4) is 0 Å². The quantitative estimate of drug-likeness (QED) is 0.118. The fourth-order valence-electron chi connectivity index (χ4n) is 4.86. The molecule has 1 saturated carbocycles. The number of aromatic amines is 1. The Bertz CT molecular complexity index is 1390. The second-order valence-corrected chi connectivity index (χ2v) is 10.9. The van der Waals surface area contributed by atoms with Crippen molar-refractivity contribution in [3.8, 4) is 0 Å². The first kappa shape index (κ1) is 26.2. The van der Waals surface area contributed by atoms with Gasteiger partial charge in [0.15, 0.2) is 5.65 Å². The zero-order chi connectivity index (χ0) is 25.0. The summed E-state index contributed by atoms with van der Waals surface area (Å²) in [6, 6.07) is -0.815. The monoisotopic (exact) mass is 551 g/mol. The summed E-state index contributed by atoms with van der Waals surface area (Å²) in [5.41, 5.74) is 2.48. The number of nitrogens with zero attached hydrogens (tertiary/aromatic N) is 4. The maximum atomic E-state index is 13.1. The number of allylic oxidation sites excluding steroid dienone is 1. The molecular formula is C22H22N7NaO5S2. The summed E-state index contributed by atoms with van der Waals surface area (Å²) in [5.74, 6) is -1.64. The first-order valence-corrected chi connectivity index (χ1v) is 13.5. The van der Waals surface area contributed by atoms with Crippen LogP contribution >= 0.6 is 23.5 Å². The van der Waals surface area contributed by atoms with E-state index in [4.69, 9.17) is 0 Å². The molecule has 0 radical (unpaired) electrons. The molecule has 37 heavy (non-hydrogen) atoms. The van der Waals surface area contributed by atoms with Gasteiger partial charge in [0, 0.05) is 17.9 Å². The van der Waals surface area contributed by atoms with Gasteiger partial charge in [-0.25, -0.2) is 14.8 Å². The van der Waals surface area contributed by atoms with E-state index in [1.54, 1.807) is 6.20 Å². The number of carboxylic acid groups (broad SMARTS) is 1. The third kappa shape index (κ3) is 4.69.